The number of nitrogens with one attached hydrogen (secondary N) is 1. The molecule has 0 amide bonds. The topological polar surface area (TPSA) is 62.1 Å². The normalized spacial score (nSPS) is 17.9. The van der Waals surface area contributed by atoms with E-state index in [4.69, 9.17) is 16.3 Å². The lowest BCUT2D eigenvalue weighted by Crippen LogP contribution is -2.28. The molecule has 4 nitrogen and oxygen atoms in total. The molecule has 1 heterocycles. The summed E-state index contributed by atoms with van der Waals surface area (Å²) in [5.74, 6) is -0.906. The molecule has 0 aromatic heterocycles. The highest BCUT2D eigenvalue weighted by Gasteiger charge is 2.34. The zero-order chi connectivity index (χ0) is 16.3. The average Bonchev–Trinajstić information content (AvgIpc) is 2.53. The lowest BCUT2D eigenvalue weighted by Gasteiger charge is -2.28. The van der Waals surface area contributed by atoms with Crippen molar-refractivity contribution in [1.82, 2.24) is 5.32 Å². The van der Waals surface area contributed by atoms with Crippen molar-refractivity contribution in [3.05, 3.63) is 56.7 Å². The molecule has 1 aliphatic rings. The smallest absolute Gasteiger partial charge is 0.336 e. The summed E-state index contributed by atoms with van der Waals surface area (Å²) in [5, 5.41) is 14.0. The fourth-order valence-corrected chi connectivity index (χ4v) is 3.21. The van der Waals surface area contributed by atoms with Crippen molar-refractivity contribution in [3.8, 4) is 6.07 Å². The van der Waals surface area contributed by atoms with Crippen molar-refractivity contribution in [1.29, 1.82) is 5.26 Å². The Balaban J connectivity index is 2.65. The van der Waals surface area contributed by atoms with Gasteiger partial charge in [0.1, 0.15) is 0 Å². The maximum absolute atomic E-state index is 12.2. The summed E-state index contributed by atoms with van der Waals surface area (Å²) in [6.45, 7) is 1.81. The third-order valence-corrected chi connectivity index (χ3v) is 4.44. The number of nitriles is 1. The number of dihydropyridines is 1. The minimum absolute atomic E-state index is 0.444. The largest absolute Gasteiger partial charge is 0.466 e. The van der Waals surface area contributed by atoms with Crippen LogP contribution in [0.25, 0.3) is 0 Å². The standard InChI is InChI=1S/C16H15ClN2O2S/c1-9-13(16(20)21-2)14(10-4-6-11(17)7-5-10)12(8-18)15(19-9)22-3/h4-7,14,19H,1-3H3/t14-/m0/s1. The van der Waals surface area contributed by atoms with Gasteiger partial charge in [0.15, 0.2) is 0 Å². The zero-order valence-electron chi connectivity index (χ0n) is 12.4. The van der Waals surface area contributed by atoms with Crippen molar-refractivity contribution in [2.24, 2.45) is 0 Å². The Morgan fingerprint density at radius 1 is 1.41 bits per heavy atom. The second-order valence-electron chi connectivity index (χ2n) is 4.70. The number of hydrogen-bond donors (Lipinski definition) is 1. The monoisotopic (exact) mass is 334 g/mol. The first-order chi connectivity index (χ1) is 10.5. The van der Waals surface area contributed by atoms with Crippen LogP contribution < -0.4 is 5.32 Å². The SMILES string of the molecule is COC(=O)C1=C(C)NC(SC)=C(C#N)[C@@H]1c1ccc(Cl)cc1. The molecule has 0 saturated heterocycles. The van der Waals surface area contributed by atoms with Crippen LogP contribution in [0, 0.1) is 11.3 Å². The number of ether oxygens (including phenoxy) is 1. The Hall–Kier alpha value is -1.90. The molecular weight excluding hydrogens is 320 g/mol. The van der Waals surface area contributed by atoms with Gasteiger partial charge in [0.05, 0.1) is 35.3 Å². The first-order valence-electron chi connectivity index (χ1n) is 6.53. The molecule has 1 aromatic rings. The fraction of sp³-hybridized carbons (Fsp3) is 0.250. The van der Waals surface area contributed by atoms with E-state index in [1.165, 1.54) is 18.9 Å². The molecule has 2 rings (SSSR count). The van der Waals surface area contributed by atoms with Crippen molar-refractivity contribution in [2.45, 2.75) is 12.8 Å². The molecule has 0 saturated carbocycles. The van der Waals surface area contributed by atoms with Crippen LogP contribution in [0.5, 0.6) is 0 Å². The summed E-state index contributed by atoms with van der Waals surface area (Å²) in [6.07, 6.45) is 1.88. The molecule has 0 bridgehead atoms. The Kier molecular flexibility index (Phi) is 5.17. The molecule has 0 fully saturated rings. The highest BCUT2D eigenvalue weighted by Crippen LogP contribution is 2.40. The number of esters is 1. The Labute approximate surface area is 138 Å². The van der Waals surface area contributed by atoms with E-state index in [0.29, 0.717) is 21.9 Å². The van der Waals surface area contributed by atoms with Gasteiger partial charge < -0.3 is 10.1 Å². The maximum Gasteiger partial charge on any atom is 0.336 e. The van der Waals surface area contributed by atoms with E-state index in [1.54, 1.807) is 19.1 Å². The molecule has 1 aliphatic heterocycles. The number of carbonyl (C=O) groups is 1. The second-order valence-corrected chi connectivity index (χ2v) is 5.95. The lowest BCUT2D eigenvalue weighted by molar-refractivity contribution is -0.136. The van der Waals surface area contributed by atoms with Gasteiger partial charge in [-0.1, -0.05) is 23.7 Å². The molecular formula is C16H15ClN2O2S. The van der Waals surface area contributed by atoms with Crippen molar-refractivity contribution in [3.63, 3.8) is 0 Å². The molecule has 0 radical (unpaired) electrons. The quantitative estimate of drug-likeness (QED) is 0.856. The molecule has 1 aromatic carbocycles. The minimum atomic E-state index is -0.460. The van der Waals surface area contributed by atoms with Crippen LogP contribution in [0.2, 0.25) is 5.02 Å². The predicted molar refractivity (Wildman–Crippen MR) is 88.2 cm³/mol. The van der Waals surface area contributed by atoms with Gasteiger partial charge in [-0.15, -0.1) is 11.8 Å². The summed E-state index contributed by atoms with van der Waals surface area (Å²) in [4.78, 5) is 12.2. The third-order valence-electron chi connectivity index (χ3n) is 3.46. The first-order valence-corrected chi connectivity index (χ1v) is 8.13. The van der Waals surface area contributed by atoms with Gasteiger partial charge in [-0.05, 0) is 30.9 Å². The summed E-state index contributed by atoms with van der Waals surface area (Å²) in [7, 11) is 1.33. The minimum Gasteiger partial charge on any atom is -0.466 e. The number of allylic oxidation sites excluding steroid dienone is 2. The summed E-state index contributed by atoms with van der Waals surface area (Å²) < 4.78 is 4.90. The van der Waals surface area contributed by atoms with Gasteiger partial charge in [0.25, 0.3) is 0 Å². The lowest BCUT2D eigenvalue weighted by atomic mass is 9.82. The number of methoxy groups -OCH3 is 1. The van der Waals surface area contributed by atoms with E-state index in [1.807, 2.05) is 18.4 Å². The summed E-state index contributed by atoms with van der Waals surface area (Å²) in [5.41, 5.74) is 2.46. The Morgan fingerprint density at radius 2 is 2.05 bits per heavy atom. The number of thioether (sulfide) groups is 1. The van der Waals surface area contributed by atoms with E-state index in [2.05, 4.69) is 11.4 Å². The van der Waals surface area contributed by atoms with Gasteiger partial charge in [-0.25, -0.2) is 4.79 Å². The van der Waals surface area contributed by atoms with Crippen LogP contribution in [-0.4, -0.2) is 19.3 Å². The van der Waals surface area contributed by atoms with Gasteiger partial charge in [0, 0.05) is 10.7 Å². The van der Waals surface area contributed by atoms with Crippen molar-refractivity contribution >= 4 is 29.3 Å². The van der Waals surface area contributed by atoms with Crippen LogP contribution in [0.1, 0.15) is 18.4 Å². The molecule has 0 aliphatic carbocycles. The summed E-state index contributed by atoms with van der Waals surface area (Å²) in [6, 6.07) is 9.36. The van der Waals surface area contributed by atoms with Gasteiger partial charge >= 0.3 is 5.97 Å². The highest BCUT2D eigenvalue weighted by molar-refractivity contribution is 8.02. The van der Waals surface area contributed by atoms with E-state index >= 15 is 0 Å². The number of benzene rings is 1. The van der Waals surface area contributed by atoms with E-state index in [0.717, 1.165) is 10.6 Å². The molecule has 114 valence electrons. The first kappa shape index (κ1) is 16.5. The highest BCUT2D eigenvalue weighted by atomic mass is 35.5. The molecule has 6 heteroatoms. The Bertz CT molecular complexity index is 702. The fourth-order valence-electron chi connectivity index (χ4n) is 2.44. The Morgan fingerprint density at radius 3 is 2.55 bits per heavy atom. The van der Waals surface area contributed by atoms with Crippen LogP contribution in [-0.2, 0) is 9.53 Å². The number of carbonyl (C=O) groups excluding carboxylic acids is 1. The number of halogens is 1. The van der Waals surface area contributed by atoms with Crippen LogP contribution >= 0.6 is 23.4 Å². The molecule has 0 spiro atoms. The average molecular weight is 335 g/mol. The van der Waals surface area contributed by atoms with Crippen LogP contribution in [0.3, 0.4) is 0 Å². The van der Waals surface area contributed by atoms with Gasteiger partial charge in [0.2, 0.25) is 0 Å². The predicted octanol–water partition coefficient (Wildman–Crippen LogP) is 3.57. The van der Waals surface area contributed by atoms with Gasteiger partial charge in [-0.3, -0.25) is 0 Å². The number of hydrogen-bond acceptors (Lipinski definition) is 5. The molecule has 1 atom stereocenters. The van der Waals surface area contributed by atoms with E-state index in [-0.39, 0.29) is 0 Å². The maximum atomic E-state index is 12.2. The molecule has 0 unspecified atom stereocenters. The van der Waals surface area contributed by atoms with Gasteiger partial charge in [-0.2, -0.15) is 5.26 Å². The van der Waals surface area contributed by atoms with Crippen LogP contribution in [0.4, 0.5) is 0 Å². The van der Waals surface area contributed by atoms with Crippen molar-refractivity contribution in [2.75, 3.05) is 13.4 Å². The summed E-state index contributed by atoms with van der Waals surface area (Å²) >= 11 is 7.37. The number of nitrogens with zero attached hydrogens (tertiary/aromatic N) is 1. The second kappa shape index (κ2) is 6.91. The van der Waals surface area contributed by atoms with Crippen molar-refractivity contribution < 1.29 is 9.53 Å². The zero-order valence-corrected chi connectivity index (χ0v) is 14.0. The molecule has 22 heavy (non-hydrogen) atoms. The number of rotatable bonds is 3. The van der Waals surface area contributed by atoms with Crippen LogP contribution in [0.15, 0.2) is 46.1 Å². The van der Waals surface area contributed by atoms with E-state index < -0.39 is 11.9 Å². The molecule has 1 N–H and O–H groups in total. The third kappa shape index (κ3) is 2.99. The van der Waals surface area contributed by atoms with E-state index in [9.17, 15) is 10.1 Å².